The normalized spacial score (nSPS) is 11.1. The molecular formula is C20H19FN6O. The Morgan fingerprint density at radius 1 is 1.18 bits per heavy atom. The molecule has 4 rings (SSSR count). The van der Waals surface area contributed by atoms with Crippen LogP contribution in [0.3, 0.4) is 0 Å². The summed E-state index contributed by atoms with van der Waals surface area (Å²) in [7, 11) is 0. The van der Waals surface area contributed by atoms with E-state index in [1.807, 2.05) is 35.7 Å². The van der Waals surface area contributed by atoms with E-state index < -0.39 is 0 Å². The van der Waals surface area contributed by atoms with E-state index in [0.29, 0.717) is 18.7 Å². The molecule has 3 heterocycles. The second kappa shape index (κ2) is 7.59. The van der Waals surface area contributed by atoms with Crippen molar-refractivity contribution in [1.82, 2.24) is 30.1 Å². The van der Waals surface area contributed by atoms with Crippen molar-refractivity contribution in [3.8, 4) is 11.3 Å². The van der Waals surface area contributed by atoms with Gasteiger partial charge in [0.1, 0.15) is 11.6 Å². The molecule has 0 unspecified atom stereocenters. The molecule has 0 aliphatic carbocycles. The molecular weight excluding hydrogens is 359 g/mol. The third kappa shape index (κ3) is 3.62. The van der Waals surface area contributed by atoms with Crippen LogP contribution in [0.4, 0.5) is 4.39 Å². The quantitative estimate of drug-likeness (QED) is 0.540. The number of hydrogen-bond donors (Lipinski definition) is 2. The standard InChI is InChI=1S/C20H19FN6O/c1-13-16(20(26-23-13)14-5-7-15(21)8-6-14)12-19(28)22-10-9-18-25-24-17-4-2-3-11-27(17)18/h2-8,11H,9-10,12H2,1H3,(H,22,28)(H,23,26). The molecule has 0 saturated heterocycles. The summed E-state index contributed by atoms with van der Waals surface area (Å²) in [5, 5.41) is 18.4. The lowest BCUT2D eigenvalue weighted by Crippen LogP contribution is -2.28. The lowest BCUT2D eigenvalue weighted by molar-refractivity contribution is -0.120. The Morgan fingerprint density at radius 2 is 2.00 bits per heavy atom. The zero-order chi connectivity index (χ0) is 19.5. The highest BCUT2D eigenvalue weighted by Crippen LogP contribution is 2.24. The molecule has 7 nitrogen and oxygen atoms in total. The Morgan fingerprint density at radius 3 is 2.82 bits per heavy atom. The Bertz CT molecular complexity index is 1120. The van der Waals surface area contributed by atoms with Gasteiger partial charge >= 0.3 is 0 Å². The first-order chi connectivity index (χ1) is 13.6. The van der Waals surface area contributed by atoms with E-state index in [-0.39, 0.29) is 18.1 Å². The SMILES string of the molecule is Cc1[nH]nc(-c2ccc(F)cc2)c1CC(=O)NCCc1nnc2ccccn12. The van der Waals surface area contributed by atoms with Gasteiger partial charge in [-0.1, -0.05) is 6.07 Å². The van der Waals surface area contributed by atoms with E-state index in [1.54, 1.807) is 12.1 Å². The van der Waals surface area contributed by atoms with E-state index >= 15 is 0 Å². The predicted octanol–water partition coefficient (Wildman–Crippen LogP) is 2.47. The van der Waals surface area contributed by atoms with Crippen LogP contribution in [0.25, 0.3) is 16.9 Å². The van der Waals surface area contributed by atoms with E-state index in [9.17, 15) is 9.18 Å². The van der Waals surface area contributed by atoms with Crippen molar-refractivity contribution in [3.05, 3.63) is 71.6 Å². The van der Waals surface area contributed by atoms with E-state index in [4.69, 9.17) is 0 Å². The number of benzene rings is 1. The minimum Gasteiger partial charge on any atom is -0.355 e. The highest BCUT2D eigenvalue weighted by atomic mass is 19.1. The van der Waals surface area contributed by atoms with Gasteiger partial charge < -0.3 is 5.32 Å². The van der Waals surface area contributed by atoms with Crippen LogP contribution in [-0.2, 0) is 17.6 Å². The fourth-order valence-corrected chi connectivity index (χ4v) is 3.11. The van der Waals surface area contributed by atoms with Crippen LogP contribution in [0.2, 0.25) is 0 Å². The smallest absolute Gasteiger partial charge is 0.224 e. The molecule has 3 aromatic heterocycles. The zero-order valence-corrected chi connectivity index (χ0v) is 15.3. The molecule has 0 radical (unpaired) electrons. The van der Waals surface area contributed by atoms with Crippen LogP contribution in [0.15, 0.2) is 48.7 Å². The number of nitrogens with zero attached hydrogens (tertiary/aromatic N) is 4. The van der Waals surface area contributed by atoms with Gasteiger partial charge in [-0.3, -0.25) is 14.3 Å². The molecule has 0 aliphatic rings. The second-order valence-electron chi connectivity index (χ2n) is 6.50. The van der Waals surface area contributed by atoms with Gasteiger partial charge in [-0.25, -0.2) is 4.39 Å². The number of fused-ring (bicyclic) bond motifs is 1. The second-order valence-corrected chi connectivity index (χ2v) is 6.50. The molecule has 4 aromatic rings. The van der Waals surface area contributed by atoms with Gasteiger partial charge in [-0.2, -0.15) is 5.10 Å². The Hall–Kier alpha value is -3.55. The summed E-state index contributed by atoms with van der Waals surface area (Å²) < 4.78 is 15.1. The number of aromatic amines is 1. The minimum absolute atomic E-state index is 0.110. The average Bonchev–Trinajstić information content (AvgIpc) is 3.27. The summed E-state index contributed by atoms with van der Waals surface area (Å²) in [6.07, 6.45) is 2.66. The highest BCUT2D eigenvalue weighted by Gasteiger charge is 2.16. The van der Waals surface area contributed by atoms with Crippen molar-refractivity contribution in [1.29, 1.82) is 0 Å². The molecule has 28 heavy (non-hydrogen) atoms. The largest absolute Gasteiger partial charge is 0.355 e. The molecule has 1 aromatic carbocycles. The van der Waals surface area contributed by atoms with Gasteiger partial charge in [0.15, 0.2) is 5.65 Å². The lowest BCUT2D eigenvalue weighted by atomic mass is 10.0. The van der Waals surface area contributed by atoms with Gasteiger partial charge in [0.25, 0.3) is 0 Å². The summed E-state index contributed by atoms with van der Waals surface area (Å²) in [6.45, 7) is 2.32. The monoisotopic (exact) mass is 378 g/mol. The van der Waals surface area contributed by atoms with E-state index in [2.05, 4.69) is 25.7 Å². The van der Waals surface area contributed by atoms with Crippen molar-refractivity contribution in [2.24, 2.45) is 0 Å². The van der Waals surface area contributed by atoms with Crippen molar-refractivity contribution in [2.75, 3.05) is 6.54 Å². The molecule has 0 aliphatic heterocycles. The van der Waals surface area contributed by atoms with Gasteiger partial charge in [-0.15, -0.1) is 10.2 Å². The summed E-state index contributed by atoms with van der Waals surface area (Å²) >= 11 is 0. The topological polar surface area (TPSA) is 88.0 Å². The first-order valence-corrected chi connectivity index (χ1v) is 8.97. The summed E-state index contributed by atoms with van der Waals surface area (Å²) in [4.78, 5) is 12.4. The third-order valence-electron chi connectivity index (χ3n) is 4.58. The minimum atomic E-state index is -0.309. The van der Waals surface area contributed by atoms with Gasteiger partial charge in [0, 0.05) is 36.0 Å². The summed E-state index contributed by atoms with van der Waals surface area (Å²) in [5.74, 6) is 0.375. The average molecular weight is 378 g/mol. The number of H-pyrrole nitrogens is 1. The number of carbonyl (C=O) groups excluding carboxylic acids is 1. The van der Waals surface area contributed by atoms with Gasteiger partial charge in [0.05, 0.1) is 12.1 Å². The van der Waals surface area contributed by atoms with E-state index in [1.165, 1.54) is 12.1 Å². The summed E-state index contributed by atoms with van der Waals surface area (Å²) in [5.41, 5.74) is 3.83. The molecule has 2 N–H and O–H groups in total. The van der Waals surface area contributed by atoms with E-state index in [0.717, 1.165) is 28.3 Å². The molecule has 0 atom stereocenters. The Balaban J connectivity index is 1.40. The van der Waals surface area contributed by atoms with Crippen LogP contribution in [0, 0.1) is 12.7 Å². The molecule has 0 saturated carbocycles. The number of pyridine rings is 1. The highest BCUT2D eigenvalue weighted by molar-refractivity contribution is 5.81. The van der Waals surface area contributed by atoms with Crippen LogP contribution in [0.5, 0.6) is 0 Å². The molecule has 142 valence electrons. The van der Waals surface area contributed by atoms with Crippen LogP contribution in [0.1, 0.15) is 17.1 Å². The molecule has 8 heteroatoms. The van der Waals surface area contributed by atoms with Gasteiger partial charge in [-0.05, 0) is 43.3 Å². The Labute approximate surface area is 160 Å². The molecule has 0 bridgehead atoms. The first kappa shape index (κ1) is 17.8. The molecule has 0 spiro atoms. The number of carbonyl (C=O) groups is 1. The predicted molar refractivity (Wildman–Crippen MR) is 102 cm³/mol. The number of hydrogen-bond acceptors (Lipinski definition) is 4. The molecule has 1 amide bonds. The number of nitrogens with one attached hydrogen (secondary N) is 2. The van der Waals surface area contributed by atoms with Gasteiger partial charge in [0.2, 0.25) is 5.91 Å². The number of aromatic nitrogens is 5. The van der Waals surface area contributed by atoms with Crippen molar-refractivity contribution in [3.63, 3.8) is 0 Å². The number of amides is 1. The fourth-order valence-electron chi connectivity index (χ4n) is 3.11. The lowest BCUT2D eigenvalue weighted by Gasteiger charge is -2.06. The fraction of sp³-hybridized carbons (Fsp3) is 0.200. The maximum Gasteiger partial charge on any atom is 0.224 e. The third-order valence-corrected chi connectivity index (χ3v) is 4.58. The Kier molecular flexibility index (Phi) is 4.84. The van der Waals surface area contributed by atoms with Crippen molar-refractivity contribution < 1.29 is 9.18 Å². The van der Waals surface area contributed by atoms with Crippen molar-refractivity contribution >= 4 is 11.6 Å². The van der Waals surface area contributed by atoms with Crippen molar-refractivity contribution in [2.45, 2.75) is 19.8 Å². The number of rotatable bonds is 6. The number of aryl methyl sites for hydroxylation is 1. The maximum absolute atomic E-state index is 13.2. The maximum atomic E-state index is 13.2. The van der Waals surface area contributed by atoms with Crippen LogP contribution < -0.4 is 5.32 Å². The van der Waals surface area contributed by atoms with Crippen LogP contribution in [-0.4, -0.2) is 37.2 Å². The first-order valence-electron chi connectivity index (χ1n) is 8.97. The van der Waals surface area contributed by atoms with Crippen LogP contribution >= 0.6 is 0 Å². The molecule has 0 fully saturated rings. The number of halogens is 1. The summed E-state index contributed by atoms with van der Waals surface area (Å²) in [6, 6.07) is 11.8. The zero-order valence-electron chi connectivity index (χ0n) is 15.3.